The Morgan fingerprint density at radius 3 is 2.35 bits per heavy atom. The number of amides is 1. The number of nitrogens with zero attached hydrogens (tertiary/aromatic N) is 2. The molecular formula is C22H22F3N3O3. The number of aromatic hydroxyl groups is 1. The van der Waals surface area contributed by atoms with Gasteiger partial charge in [-0.15, -0.1) is 0 Å². The molecule has 0 saturated carbocycles. The van der Waals surface area contributed by atoms with E-state index >= 15 is 0 Å². The highest BCUT2D eigenvalue weighted by Crippen LogP contribution is 2.39. The minimum absolute atomic E-state index is 0.151. The predicted molar refractivity (Wildman–Crippen MR) is 111 cm³/mol. The zero-order valence-corrected chi connectivity index (χ0v) is 17.2. The van der Waals surface area contributed by atoms with E-state index < -0.39 is 17.6 Å². The summed E-state index contributed by atoms with van der Waals surface area (Å²) < 4.78 is 41.4. The second kappa shape index (κ2) is 8.43. The van der Waals surface area contributed by atoms with E-state index in [9.17, 15) is 23.1 Å². The van der Waals surface area contributed by atoms with Crippen LogP contribution in [0.3, 0.4) is 0 Å². The summed E-state index contributed by atoms with van der Waals surface area (Å²) in [6, 6.07) is 8.62. The van der Waals surface area contributed by atoms with Gasteiger partial charge in [0.05, 0.1) is 35.4 Å². The Morgan fingerprint density at radius 2 is 1.77 bits per heavy atom. The van der Waals surface area contributed by atoms with E-state index in [1.54, 1.807) is 12.1 Å². The van der Waals surface area contributed by atoms with Gasteiger partial charge in [-0.25, -0.2) is 5.43 Å². The van der Waals surface area contributed by atoms with Gasteiger partial charge in [0.25, 0.3) is 0 Å². The van der Waals surface area contributed by atoms with Crippen molar-refractivity contribution in [3.05, 3.63) is 58.7 Å². The number of aromatic nitrogens is 1. The summed E-state index contributed by atoms with van der Waals surface area (Å²) in [5, 5.41) is 24.2. The first-order valence-corrected chi connectivity index (χ1v) is 9.50. The van der Waals surface area contributed by atoms with Gasteiger partial charge in [0.2, 0.25) is 11.8 Å². The molecule has 3 rings (SSSR count). The highest BCUT2D eigenvalue weighted by Gasteiger charge is 2.32. The van der Waals surface area contributed by atoms with E-state index in [2.05, 4.69) is 10.5 Å². The fraction of sp³-hybridized carbons (Fsp3) is 0.273. The van der Waals surface area contributed by atoms with Crippen molar-refractivity contribution in [2.75, 3.05) is 6.61 Å². The number of alkyl halides is 3. The maximum Gasteiger partial charge on any atom is 0.416 e. The summed E-state index contributed by atoms with van der Waals surface area (Å²) in [6.45, 7) is 4.88. The molecule has 0 saturated heterocycles. The first-order chi connectivity index (χ1) is 14.5. The average molecular weight is 433 g/mol. The lowest BCUT2D eigenvalue weighted by Gasteiger charge is -2.11. The molecule has 1 heterocycles. The second-order valence-corrected chi connectivity index (χ2v) is 7.32. The van der Waals surface area contributed by atoms with E-state index in [1.807, 2.05) is 19.9 Å². The maximum atomic E-state index is 13.4. The van der Waals surface area contributed by atoms with E-state index in [0.717, 1.165) is 23.3 Å². The Balaban J connectivity index is 2.28. The molecule has 1 aromatic heterocycles. The normalized spacial score (nSPS) is 12.4. The number of rotatable bonds is 5. The van der Waals surface area contributed by atoms with Crippen LogP contribution in [0.2, 0.25) is 0 Å². The molecular weight excluding hydrogens is 411 g/mol. The number of hydrogen-bond donors (Lipinski definition) is 3. The van der Waals surface area contributed by atoms with Gasteiger partial charge >= 0.3 is 6.18 Å². The Hall–Kier alpha value is -3.33. The van der Waals surface area contributed by atoms with Crippen molar-refractivity contribution in [3.63, 3.8) is 0 Å². The van der Waals surface area contributed by atoms with Crippen LogP contribution < -0.4 is 5.43 Å². The minimum atomic E-state index is -4.55. The molecule has 0 radical (unpaired) electrons. The number of fused-ring (bicyclic) bond motifs is 1. The van der Waals surface area contributed by atoms with E-state index in [-0.39, 0.29) is 35.7 Å². The zero-order chi connectivity index (χ0) is 22.9. The van der Waals surface area contributed by atoms with Gasteiger partial charge in [0.1, 0.15) is 0 Å². The van der Waals surface area contributed by atoms with Gasteiger partial charge in [-0.3, -0.25) is 9.36 Å². The van der Waals surface area contributed by atoms with Crippen LogP contribution >= 0.6 is 0 Å². The molecule has 3 N–H and O–H groups in total. The van der Waals surface area contributed by atoms with Gasteiger partial charge in [-0.1, -0.05) is 12.1 Å². The van der Waals surface area contributed by atoms with Crippen molar-refractivity contribution in [1.82, 2.24) is 9.99 Å². The first-order valence-electron chi connectivity index (χ1n) is 9.50. The van der Waals surface area contributed by atoms with Gasteiger partial charge in [0.15, 0.2) is 0 Å². The first kappa shape index (κ1) is 22.4. The van der Waals surface area contributed by atoms with E-state index in [1.165, 1.54) is 17.6 Å². The highest BCUT2D eigenvalue weighted by molar-refractivity contribution is 6.13. The molecule has 0 unspecified atom stereocenters. The van der Waals surface area contributed by atoms with Crippen LogP contribution in [0.25, 0.3) is 16.6 Å². The number of aryl methyl sites for hydroxylation is 2. The predicted octanol–water partition coefficient (Wildman–Crippen LogP) is 4.19. The molecule has 0 aliphatic rings. The largest absolute Gasteiger partial charge is 0.494 e. The van der Waals surface area contributed by atoms with Crippen LogP contribution in [0.15, 0.2) is 41.5 Å². The van der Waals surface area contributed by atoms with Crippen LogP contribution in [-0.4, -0.2) is 33.0 Å². The van der Waals surface area contributed by atoms with Gasteiger partial charge in [-0.05, 0) is 56.2 Å². The summed E-state index contributed by atoms with van der Waals surface area (Å²) in [6.07, 6.45) is -4.70. The molecule has 1 amide bonds. The molecule has 0 bridgehead atoms. The van der Waals surface area contributed by atoms with Gasteiger partial charge in [0, 0.05) is 11.1 Å². The number of benzene rings is 2. The van der Waals surface area contributed by atoms with Crippen LogP contribution in [0, 0.1) is 13.8 Å². The number of aliphatic hydroxyl groups is 1. The SMILES string of the molecule is C/C(=N\NC(=O)CCO)c1c(O)n(-c2cc(C)cc(C)c2)c2cc(C(F)(F)F)ccc12. The monoisotopic (exact) mass is 433 g/mol. The fourth-order valence-corrected chi connectivity index (χ4v) is 3.51. The number of carbonyl (C=O) groups excluding carboxylic acids is 1. The number of hydrazone groups is 1. The third-order valence-electron chi connectivity index (χ3n) is 4.78. The molecule has 0 aliphatic heterocycles. The smallest absolute Gasteiger partial charge is 0.416 e. The molecule has 6 nitrogen and oxygen atoms in total. The number of halogens is 3. The van der Waals surface area contributed by atoms with E-state index in [4.69, 9.17) is 5.11 Å². The van der Waals surface area contributed by atoms with Crippen LogP contribution in [-0.2, 0) is 11.0 Å². The summed E-state index contributed by atoms with van der Waals surface area (Å²) in [7, 11) is 0. The molecule has 0 atom stereocenters. The summed E-state index contributed by atoms with van der Waals surface area (Å²) in [4.78, 5) is 11.6. The quantitative estimate of drug-likeness (QED) is 0.417. The lowest BCUT2D eigenvalue weighted by Crippen LogP contribution is -2.20. The number of hydrogen-bond acceptors (Lipinski definition) is 4. The van der Waals surface area contributed by atoms with Crippen LogP contribution in [0.1, 0.15) is 35.6 Å². The summed E-state index contributed by atoms with van der Waals surface area (Å²) in [5.74, 6) is -0.823. The van der Waals surface area contributed by atoms with Crippen LogP contribution in [0.4, 0.5) is 13.2 Å². The van der Waals surface area contributed by atoms with Crippen molar-refractivity contribution >= 4 is 22.5 Å². The number of nitrogens with one attached hydrogen (secondary N) is 1. The Bertz CT molecular complexity index is 1160. The van der Waals surface area contributed by atoms with Crippen molar-refractivity contribution in [3.8, 4) is 11.6 Å². The third-order valence-corrected chi connectivity index (χ3v) is 4.78. The molecule has 31 heavy (non-hydrogen) atoms. The molecule has 0 spiro atoms. The van der Waals surface area contributed by atoms with Gasteiger partial charge in [-0.2, -0.15) is 18.3 Å². The highest BCUT2D eigenvalue weighted by atomic mass is 19.4. The van der Waals surface area contributed by atoms with Crippen molar-refractivity contribution < 1.29 is 28.2 Å². The number of aliphatic hydroxyl groups excluding tert-OH is 1. The van der Waals surface area contributed by atoms with Crippen molar-refractivity contribution in [2.24, 2.45) is 5.10 Å². The maximum absolute atomic E-state index is 13.4. The lowest BCUT2D eigenvalue weighted by molar-refractivity contribution is -0.137. The zero-order valence-electron chi connectivity index (χ0n) is 17.2. The lowest BCUT2D eigenvalue weighted by atomic mass is 10.1. The second-order valence-electron chi connectivity index (χ2n) is 7.32. The summed E-state index contributed by atoms with van der Waals surface area (Å²) >= 11 is 0. The molecule has 0 fully saturated rings. The fourth-order valence-electron chi connectivity index (χ4n) is 3.51. The van der Waals surface area contributed by atoms with Crippen molar-refractivity contribution in [1.29, 1.82) is 0 Å². The summed E-state index contributed by atoms with van der Waals surface area (Å²) in [5.41, 5.74) is 4.25. The molecule has 2 aromatic carbocycles. The standard InChI is InChI=1S/C22H22F3N3O3/c1-12-8-13(2)10-16(9-12)28-18-11-15(22(23,24)25)4-5-17(18)20(21(28)31)14(3)26-27-19(30)6-7-29/h4-5,8-11,29,31H,6-7H2,1-3H3,(H,27,30)/b26-14+. The van der Waals surface area contributed by atoms with Gasteiger partial charge < -0.3 is 10.2 Å². The Morgan fingerprint density at radius 1 is 1.13 bits per heavy atom. The molecule has 9 heteroatoms. The Labute approximate surface area is 176 Å². The third kappa shape index (κ3) is 4.56. The number of carbonyl (C=O) groups is 1. The Kier molecular flexibility index (Phi) is 6.08. The topological polar surface area (TPSA) is 86.8 Å². The average Bonchev–Trinajstić information content (AvgIpc) is 2.96. The van der Waals surface area contributed by atoms with Crippen molar-refractivity contribution in [2.45, 2.75) is 33.4 Å². The van der Waals surface area contributed by atoms with E-state index in [0.29, 0.717) is 11.1 Å². The van der Waals surface area contributed by atoms with Crippen LogP contribution in [0.5, 0.6) is 5.88 Å². The molecule has 164 valence electrons. The molecule has 0 aliphatic carbocycles. The molecule has 3 aromatic rings. The minimum Gasteiger partial charge on any atom is -0.494 e.